The van der Waals surface area contributed by atoms with E-state index in [4.69, 9.17) is 9.57 Å². The zero-order valence-corrected chi connectivity index (χ0v) is 8.80. The van der Waals surface area contributed by atoms with Crippen molar-refractivity contribution < 1.29 is 24.3 Å². The van der Waals surface area contributed by atoms with Crippen LogP contribution < -0.4 is 0 Å². The van der Waals surface area contributed by atoms with Crippen LogP contribution in [0.3, 0.4) is 0 Å². The Kier molecular flexibility index (Phi) is 4.05. The number of hydrogen-bond donors (Lipinski definition) is 1. The fraction of sp³-hybridized carbons (Fsp3) is 0.778. The van der Waals surface area contributed by atoms with Gasteiger partial charge in [0.2, 0.25) is 0 Å². The third-order valence-corrected chi connectivity index (χ3v) is 2.07. The minimum absolute atomic E-state index is 0.125. The van der Waals surface area contributed by atoms with E-state index in [1.807, 2.05) is 0 Å². The molecule has 0 unspecified atom stereocenters. The van der Waals surface area contributed by atoms with Crippen LogP contribution in [0.5, 0.6) is 0 Å². The lowest BCUT2D eigenvalue weighted by atomic mass is 10.2. The van der Waals surface area contributed by atoms with Crippen LogP contribution in [0.15, 0.2) is 0 Å². The van der Waals surface area contributed by atoms with Gasteiger partial charge in [-0.25, -0.2) is 0 Å². The molecule has 0 aliphatic carbocycles. The Bertz CT molecular complexity index is 255. The van der Waals surface area contributed by atoms with Gasteiger partial charge >= 0.3 is 11.9 Å². The first-order chi connectivity index (χ1) is 6.99. The summed E-state index contributed by atoms with van der Waals surface area (Å²) in [6.07, 6.45) is -0.120. The highest BCUT2D eigenvalue weighted by Crippen LogP contribution is 2.18. The lowest BCUT2D eigenvalue weighted by Crippen LogP contribution is -2.35. The van der Waals surface area contributed by atoms with E-state index >= 15 is 0 Å². The summed E-state index contributed by atoms with van der Waals surface area (Å²) in [4.78, 5) is 26.2. The molecule has 0 spiro atoms. The molecule has 1 saturated heterocycles. The predicted octanol–water partition coefficient (Wildman–Crippen LogP) is -0.537. The second-order valence-electron chi connectivity index (χ2n) is 3.53. The molecular formula is C9H15NO5. The van der Waals surface area contributed by atoms with Crippen molar-refractivity contribution in [2.24, 2.45) is 0 Å². The molecule has 6 nitrogen and oxygen atoms in total. The van der Waals surface area contributed by atoms with E-state index in [2.05, 4.69) is 0 Å². The molecule has 0 saturated carbocycles. The summed E-state index contributed by atoms with van der Waals surface area (Å²) in [5.74, 6) is -0.837. The smallest absolute Gasteiger partial charge is 0.322 e. The summed E-state index contributed by atoms with van der Waals surface area (Å²) in [6, 6.07) is -0.257. The van der Waals surface area contributed by atoms with E-state index in [9.17, 15) is 14.7 Å². The van der Waals surface area contributed by atoms with Crippen molar-refractivity contribution in [3.8, 4) is 0 Å². The molecule has 2 atom stereocenters. The van der Waals surface area contributed by atoms with Gasteiger partial charge < -0.3 is 14.7 Å². The van der Waals surface area contributed by atoms with Gasteiger partial charge in [-0.2, -0.15) is 0 Å². The maximum Gasteiger partial charge on any atom is 0.322 e. The fourth-order valence-electron chi connectivity index (χ4n) is 1.50. The molecule has 0 bridgehead atoms. The van der Waals surface area contributed by atoms with Crippen LogP contribution in [0, 0.1) is 0 Å². The van der Waals surface area contributed by atoms with Crippen molar-refractivity contribution in [2.45, 2.75) is 32.4 Å². The number of β-amino-alcohol motifs (C(OH)–C–C–N with tert-alkyl or cyclic N) is 1. The molecule has 0 radical (unpaired) electrons. The second-order valence-corrected chi connectivity index (χ2v) is 3.53. The molecule has 1 aliphatic heterocycles. The molecule has 0 aromatic rings. The Morgan fingerprint density at radius 2 is 2.07 bits per heavy atom. The predicted molar refractivity (Wildman–Crippen MR) is 49.5 cm³/mol. The van der Waals surface area contributed by atoms with Crippen LogP contribution in [0.25, 0.3) is 0 Å². The maximum absolute atomic E-state index is 10.7. The Morgan fingerprint density at radius 3 is 2.60 bits per heavy atom. The summed E-state index contributed by atoms with van der Waals surface area (Å²) < 4.78 is 4.80. The van der Waals surface area contributed by atoms with Crippen LogP contribution in [0.4, 0.5) is 0 Å². The third kappa shape index (κ3) is 3.85. The number of carbonyl (C=O) groups excluding carboxylic acids is 2. The van der Waals surface area contributed by atoms with Crippen LogP contribution in [0.2, 0.25) is 0 Å². The van der Waals surface area contributed by atoms with Crippen molar-refractivity contribution in [1.29, 1.82) is 0 Å². The summed E-state index contributed by atoms with van der Waals surface area (Å²) >= 11 is 0. The number of ether oxygens (including phenoxy) is 1. The quantitative estimate of drug-likeness (QED) is 0.640. The Balaban J connectivity index is 2.45. The summed E-state index contributed by atoms with van der Waals surface area (Å²) in [6.45, 7) is 2.97. The fourth-order valence-corrected chi connectivity index (χ4v) is 1.50. The topological polar surface area (TPSA) is 76.1 Å². The van der Waals surface area contributed by atoms with Crippen molar-refractivity contribution in [2.75, 3.05) is 13.2 Å². The van der Waals surface area contributed by atoms with Gasteiger partial charge in [-0.1, -0.05) is 0 Å². The number of esters is 1. The van der Waals surface area contributed by atoms with E-state index in [0.29, 0.717) is 6.42 Å². The lowest BCUT2D eigenvalue weighted by Gasteiger charge is -2.21. The van der Waals surface area contributed by atoms with E-state index in [0.717, 1.165) is 0 Å². The Labute approximate surface area is 87.7 Å². The molecular weight excluding hydrogens is 202 g/mol. The highest BCUT2D eigenvalue weighted by atomic mass is 16.7. The second kappa shape index (κ2) is 5.09. The van der Waals surface area contributed by atoms with Gasteiger partial charge in [0.25, 0.3) is 0 Å². The summed E-state index contributed by atoms with van der Waals surface area (Å²) in [5, 5.41) is 10.7. The van der Waals surface area contributed by atoms with Gasteiger partial charge in [0.05, 0.1) is 18.7 Å². The number of nitrogens with zero attached hydrogens (tertiary/aromatic N) is 1. The first kappa shape index (κ1) is 11.9. The Morgan fingerprint density at radius 1 is 1.40 bits per heavy atom. The average Bonchev–Trinajstić information content (AvgIpc) is 2.41. The number of aliphatic hydroxyl groups is 1. The van der Waals surface area contributed by atoms with Gasteiger partial charge in [-0.05, 0) is 6.42 Å². The molecule has 1 N–H and O–H groups in total. The number of hydrogen-bond acceptors (Lipinski definition) is 6. The molecule has 1 heterocycles. The van der Waals surface area contributed by atoms with Gasteiger partial charge in [0.1, 0.15) is 6.61 Å². The van der Waals surface area contributed by atoms with E-state index in [1.165, 1.54) is 18.9 Å². The van der Waals surface area contributed by atoms with Gasteiger partial charge in [-0.15, -0.1) is 5.06 Å². The average molecular weight is 217 g/mol. The molecule has 6 heteroatoms. The van der Waals surface area contributed by atoms with Crippen LogP contribution in [0.1, 0.15) is 20.3 Å². The number of carbonyl (C=O) groups is 2. The highest BCUT2D eigenvalue weighted by Gasteiger charge is 2.34. The van der Waals surface area contributed by atoms with Crippen molar-refractivity contribution in [1.82, 2.24) is 5.06 Å². The van der Waals surface area contributed by atoms with Crippen molar-refractivity contribution in [3.63, 3.8) is 0 Å². The first-order valence-corrected chi connectivity index (χ1v) is 4.75. The zero-order chi connectivity index (χ0) is 11.4. The lowest BCUT2D eigenvalue weighted by molar-refractivity contribution is -0.197. The Hall–Kier alpha value is -1.14. The first-order valence-electron chi connectivity index (χ1n) is 4.75. The van der Waals surface area contributed by atoms with Crippen molar-refractivity contribution >= 4 is 11.9 Å². The standard InChI is InChI=1S/C9H15NO5/c1-6(11)14-5-8-3-9(13)4-10(8)15-7(2)12/h8-9,13H,3-5H2,1-2H3/t8-,9+/m0/s1. The van der Waals surface area contributed by atoms with Crippen LogP contribution >= 0.6 is 0 Å². The van der Waals surface area contributed by atoms with Gasteiger partial charge in [0.15, 0.2) is 0 Å². The zero-order valence-electron chi connectivity index (χ0n) is 8.80. The summed E-state index contributed by atoms with van der Waals surface area (Å²) in [7, 11) is 0. The highest BCUT2D eigenvalue weighted by molar-refractivity contribution is 5.66. The molecule has 15 heavy (non-hydrogen) atoms. The van der Waals surface area contributed by atoms with E-state index in [-0.39, 0.29) is 25.2 Å². The van der Waals surface area contributed by atoms with Crippen LogP contribution in [-0.2, 0) is 19.2 Å². The maximum atomic E-state index is 10.7. The minimum atomic E-state index is -0.551. The van der Waals surface area contributed by atoms with E-state index in [1.54, 1.807) is 0 Å². The largest absolute Gasteiger partial charge is 0.464 e. The van der Waals surface area contributed by atoms with E-state index < -0.39 is 12.1 Å². The third-order valence-electron chi connectivity index (χ3n) is 2.07. The van der Waals surface area contributed by atoms with Crippen LogP contribution in [-0.4, -0.2) is 47.4 Å². The number of rotatable bonds is 3. The SMILES string of the molecule is CC(=O)OC[C@@H]1C[C@@H](O)CN1OC(C)=O. The molecule has 0 amide bonds. The normalized spacial score (nSPS) is 26.3. The molecule has 1 fully saturated rings. The number of aliphatic hydroxyl groups excluding tert-OH is 1. The van der Waals surface area contributed by atoms with Gasteiger partial charge in [0, 0.05) is 13.8 Å². The molecule has 1 aliphatic rings. The van der Waals surface area contributed by atoms with Gasteiger partial charge in [-0.3, -0.25) is 9.59 Å². The number of hydroxylamine groups is 2. The van der Waals surface area contributed by atoms with Crippen molar-refractivity contribution in [3.05, 3.63) is 0 Å². The molecule has 86 valence electrons. The molecule has 0 aromatic carbocycles. The monoisotopic (exact) mass is 217 g/mol. The summed E-state index contributed by atoms with van der Waals surface area (Å²) in [5.41, 5.74) is 0. The minimum Gasteiger partial charge on any atom is -0.464 e. The molecule has 1 rings (SSSR count). The molecule has 0 aromatic heterocycles.